The van der Waals surface area contributed by atoms with Crippen LogP contribution >= 0.6 is 11.3 Å². The van der Waals surface area contributed by atoms with E-state index in [1.165, 1.54) is 21.9 Å². The van der Waals surface area contributed by atoms with Crippen LogP contribution in [0.2, 0.25) is 0 Å². The number of aliphatic hydroxyl groups is 1. The van der Waals surface area contributed by atoms with E-state index in [1.807, 2.05) is 26.0 Å². The molecular formula is C37H45F2N3O3S. The number of benzene rings is 2. The molecule has 9 heteroatoms. The third-order valence-electron chi connectivity index (χ3n) is 8.52. The average Bonchev–Trinajstić information content (AvgIpc) is 3.44. The van der Waals surface area contributed by atoms with Crippen LogP contribution in [0, 0.1) is 29.9 Å². The van der Waals surface area contributed by atoms with E-state index in [9.17, 15) is 23.5 Å². The Balaban J connectivity index is 1.63. The number of aliphatic hydroxyl groups excluding tert-OH is 1. The van der Waals surface area contributed by atoms with Gasteiger partial charge in [-0.3, -0.25) is 9.59 Å². The molecule has 4 N–H and O–H groups in total. The van der Waals surface area contributed by atoms with Crippen LogP contribution in [-0.2, 0) is 22.6 Å². The lowest BCUT2D eigenvalue weighted by Crippen LogP contribution is -2.51. The van der Waals surface area contributed by atoms with Crippen LogP contribution < -0.4 is 11.1 Å². The van der Waals surface area contributed by atoms with Crippen LogP contribution in [0.15, 0.2) is 77.9 Å². The molecule has 1 heterocycles. The zero-order chi connectivity index (χ0) is 33.4. The predicted octanol–water partition coefficient (Wildman–Crippen LogP) is 6.71. The molecule has 0 saturated heterocycles. The molecule has 4 rings (SSSR count). The highest BCUT2D eigenvalue weighted by molar-refractivity contribution is 7.15. The molecule has 3 atom stereocenters. The van der Waals surface area contributed by atoms with Gasteiger partial charge in [-0.15, -0.1) is 11.3 Å². The monoisotopic (exact) mass is 649 g/mol. The lowest BCUT2D eigenvalue weighted by molar-refractivity contribution is -0.132. The standard InChI is InChI=1S/C37H45F2N3O3S/c1-5-12-42(13-6-2)35(44)29-14-24(3)20-37(21-29,36(40)45)32(18-27-16-30(38)19-31(39)17-27)33(43)23-41-22-26-8-7-9-28(15-26)34-11-10-25(4)46-34/h7-11,14-17,19-20,32-33,41,43H,5-6,12-13,18,21-23H2,1-4H3,(H2,40,45)/t32-,33+,37?/m1/s1. The van der Waals surface area contributed by atoms with Crippen LogP contribution in [0.3, 0.4) is 0 Å². The number of nitrogens with two attached hydrogens (primary N) is 1. The fourth-order valence-electron chi connectivity index (χ4n) is 6.49. The maximum Gasteiger partial charge on any atom is 0.249 e. The third-order valence-corrected chi connectivity index (χ3v) is 9.57. The Morgan fingerprint density at radius 2 is 1.72 bits per heavy atom. The van der Waals surface area contributed by atoms with E-state index in [1.54, 1.807) is 35.3 Å². The minimum atomic E-state index is -1.48. The number of aryl methyl sites for hydroxylation is 1. The van der Waals surface area contributed by atoms with Gasteiger partial charge in [0.25, 0.3) is 0 Å². The summed E-state index contributed by atoms with van der Waals surface area (Å²) in [5.74, 6) is -3.28. The summed E-state index contributed by atoms with van der Waals surface area (Å²) in [5.41, 5.74) is 8.17. The lowest BCUT2D eigenvalue weighted by atomic mass is 9.63. The number of rotatable bonds is 15. The van der Waals surface area contributed by atoms with Gasteiger partial charge in [-0.1, -0.05) is 49.8 Å². The quantitative estimate of drug-likeness (QED) is 0.171. The summed E-state index contributed by atoms with van der Waals surface area (Å²) in [4.78, 5) is 31.4. The van der Waals surface area contributed by atoms with Gasteiger partial charge < -0.3 is 21.1 Å². The summed E-state index contributed by atoms with van der Waals surface area (Å²) in [6, 6.07) is 15.5. The van der Waals surface area contributed by atoms with E-state index >= 15 is 0 Å². The molecule has 1 unspecified atom stereocenters. The molecule has 0 radical (unpaired) electrons. The van der Waals surface area contributed by atoms with Gasteiger partial charge in [0.05, 0.1) is 11.5 Å². The van der Waals surface area contributed by atoms with Gasteiger partial charge in [0.2, 0.25) is 11.8 Å². The van der Waals surface area contributed by atoms with Crippen molar-refractivity contribution in [2.24, 2.45) is 17.1 Å². The highest BCUT2D eigenvalue weighted by Crippen LogP contribution is 2.44. The molecule has 1 aliphatic rings. The second-order valence-electron chi connectivity index (χ2n) is 12.3. The first-order valence-corrected chi connectivity index (χ1v) is 16.8. The van der Waals surface area contributed by atoms with Crippen LogP contribution in [0.5, 0.6) is 0 Å². The van der Waals surface area contributed by atoms with E-state index < -0.39 is 35.0 Å². The molecule has 2 aromatic carbocycles. The van der Waals surface area contributed by atoms with Crippen LogP contribution in [0.25, 0.3) is 10.4 Å². The Morgan fingerprint density at radius 1 is 1.02 bits per heavy atom. The second-order valence-corrected chi connectivity index (χ2v) is 13.6. The van der Waals surface area contributed by atoms with Crippen molar-refractivity contribution in [3.05, 3.63) is 106 Å². The van der Waals surface area contributed by atoms with Gasteiger partial charge in [0.15, 0.2) is 0 Å². The average molecular weight is 650 g/mol. The van der Waals surface area contributed by atoms with E-state index in [4.69, 9.17) is 5.73 Å². The molecule has 1 aliphatic carbocycles. The summed E-state index contributed by atoms with van der Waals surface area (Å²) in [6.07, 6.45) is 3.84. The zero-order valence-electron chi connectivity index (χ0n) is 27.1. The minimum Gasteiger partial charge on any atom is -0.391 e. The summed E-state index contributed by atoms with van der Waals surface area (Å²) in [6.45, 7) is 9.53. The number of thiophene rings is 1. The highest BCUT2D eigenvalue weighted by Gasteiger charge is 2.48. The maximum absolute atomic E-state index is 14.3. The summed E-state index contributed by atoms with van der Waals surface area (Å²) in [7, 11) is 0. The van der Waals surface area contributed by atoms with E-state index in [-0.39, 0.29) is 30.9 Å². The number of nitrogens with zero attached hydrogens (tertiary/aromatic N) is 1. The summed E-state index contributed by atoms with van der Waals surface area (Å²) in [5, 5.41) is 15.1. The van der Waals surface area contributed by atoms with Gasteiger partial charge in [0, 0.05) is 53.5 Å². The topological polar surface area (TPSA) is 95.7 Å². The fraction of sp³-hybridized carbons (Fsp3) is 0.405. The molecule has 2 amide bonds. The number of nitrogens with one attached hydrogen (secondary N) is 1. The first kappa shape index (κ1) is 35.2. The molecule has 0 spiro atoms. The number of halogens is 2. The van der Waals surface area contributed by atoms with Crippen molar-refractivity contribution < 1.29 is 23.5 Å². The van der Waals surface area contributed by atoms with Gasteiger partial charge >= 0.3 is 0 Å². The molecule has 6 nitrogen and oxygen atoms in total. The number of carbonyl (C=O) groups is 2. The van der Waals surface area contributed by atoms with Crippen molar-refractivity contribution in [1.29, 1.82) is 0 Å². The second kappa shape index (κ2) is 15.8. The van der Waals surface area contributed by atoms with Crippen molar-refractivity contribution in [3.63, 3.8) is 0 Å². The Kier molecular flexibility index (Phi) is 12.1. The van der Waals surface area contributed by atoms with Crippen LogP contribution in [0.4, 0.5) is 8.78 Å². The van der Waals surface area contributed by atoms with Gasteiger partial charge in [-0.2, -0.15) is 0 Å². The number of carbonyl (C=O) groups excluding carboxylic acids is 2. The minimum absolute atomic E-state index is 0.0236. The molecule has 0 saturated carbocycles. The first-order valence-electron chi connectivity index (χ1n) is 15.9. The summed E-state index contributed by atoms with van der Waals surface area (Å²) < 4.78 is 28.6. The number of amides is 2. The molecule has 0 bridgehead atoms. The van der Waals surface area contributed by atoms with Crippen LogP contribution in [0.1, 0.15) is 56.0 Å². The largest absolute Gasteiger partial charge is 0.391 e. The van der Waals surface area contributed by atoms with Crippen molar-refractivity contribution in [2.75, 3.05) is 19.6 Å². The van der Waals surface area contributed by atoms with Gasteiger partial charge in [-0.05, 0) is 86.6 Å². The Labute approximate surface area is 275 Å². The maximum atomic E-state index is 14.3. The number of hydrogen-bond acceptors (Lipinski definition) is 5. The molecule has 246 valence electrons. The number of primary amides is 1. The summed E-state index contributed by atoms with van der Waals surface area (Å²) >= 11 is 1.72. The van der Waals surface area contributed by atoms with E-state index in [0.29, 0.717) is 30.8 Å². The van der Waals surface area contributed by atoms with E-state index in [2.05, 4.69) is 36.5 Å². The van der Waals surface area contributed by atoms with Crippen LogP contribution in [-0.4, -0.2) is 47.6 Å². The number of hydrogen-bond donors (Lipinski definition) is 3. The normalized spacial score (nSPS) is 17.6. The molecule has 0 fully saturated rings. The Hall–Kier alpha value is -3.66. The Bertz CT molecular complexity index is 1570. The molecule has 3 aromatic rings. The molecule has 0 aliphatic heterocycles. The van der Waals surface area contributed by atoms with Gasteiger partial charge in [0.1, 0.15) is 11.6 Å². The van der Waals surface area contributed by atoms with Crippen molar-refractivity contribution in [3.8, 4) is 10.4 Å². The molecule has 46 heavy (non-hydrogen) atoms. The fourth-order valence-corrected chi connectivity index (χ4v) is 7.35. The number of allylic oxidation sites excluding steroid dienone is 2. The van der Waals surface area contributed by atoms with Crippen molar-refractivity contribution in [1.82, 2.24) is 10.2 Å². The molecular weight excluding hydrogens is 604 g/mol. The van der Waals surface area contributed by atoms with Crippen molar-refractivity contribution >= 4 is 23.2 Å². The van der Waals surface area contributed by atoms with E-state index in [0.717, 1.165) is 30.0 Å². The highest BCUT2D eigenvalue weighted by atomic mass is 32.1. The zero-order valence-corrected chi connectivity index (χ0v) is 27.9. The third kappa shape index (κ3) is 8.57. The SMILES string of the molecule is CCCN(CCC)C(=O)C1=CC(C)=CC(C(N)=O)([C@H](Cc2cc(F)cc(F)c2)[C@@H](O)CNCc2cccc(-c3ccc(C)s3)c2)C1. The van der Waals surface area contributed by atoms with Crippen molar-refractivity contribution in [2.45, 2.75) is 66.0 Å². The van der Waals surface area contributed by atoms with Gasteiger partial charge in [-0.25, -0.2) is 8.78 Å². The molecule has 1 aromatic heterocycles. The predicted molar refractivity (Wildman–Crippen MR) is 181 cm³/mol. The smallest absolute Gasteiger partial charge is 0.249 e. The first-order chi connectivity index (χ1) is 21.9. The lowest BCUT2D eigenvalue weighted by Gasteiger charge is -2.42. The Morgan fingerprint density at radius 3 is 2.33 bits per heavy atom.